The van der Waals surface area contributed by atoms with Crippen LogP contribution in [0.15, 0.2) is 24.4 Å². The number of aromatic nitrogens is 4. The summed E-state index contributed by atoms with van der Waals surface area (Å²) in [6.07, 6.45) is 10.8. The molecule has 40 heavy (non-hydrogen) atoms. The number of carbonyl (C=O) groups excluding carboxylic acids is 2. The fourth-order valence-electron chi connectivity index (χ4n) is 5.59. The number of piperazine rings is 1. The lowest BCUT2D eigenvalue weighted by atomic mass is 9.86. The molecule has 5 rings (SSSR count). The lowest BCUT2D eigenvalue weighted by molar-refractivity contribution is -0.130. The number of halogens is 1. The Labute approximate surface area is 234 Å². The number of nitrogens with zero attached hydrogens (tertiary/aromatic N) is 5. The number of amides is 1. The number of benzene rings is 1. The molecular weight excluding hydrogens is 511 g/mol. The first-order valence-corrected chi connectivity index (χ1v) is 14.3. The molecule has 1 saturated heterocycles. The Morgan fingerprint density at radius 3 is 2.38 bits per heavy atom. The standard InChI is InChI=1S/C23H33FN6O.C6H8N2O/c1-15(31)29-11-13-30(14-12-29)22(26)17-9-10-18-21(19(17)24)28-23(27-18)20(25)16-7-5-3-2-4-6-8-16;1-2-8-6(5-9)3-4-7-8/h9-10,16,20,26H,2-8,11-14,25H2,1H3,(H,27,28);3-5H,2H2,1H3. The van der Waals surface area contributed by atoms with Gasteiger partial charge in [0.2, 0.25) is 5.91 Å². The molecule has 3 heterocycles. The van der Waals surface area contributed by atoms with Crippen molar-refractivity contribution in [3.63, 3.8) is 0 Å². The highest BCUT2D eigenvalue weighted by molar-refractivity contribution is 5.99. The first-order valence-electron chi connectivity index (χ1n) is 14.3. The van der Waals surface area contributed by atoms with Gasteiger partial charge in [-0.25, -0.2) is 9.37 Å². The van der Waals surface area contributed by atoms with Gasteiger partial charge in [0.1, 0.15) is 22.9 Å². The normalized spacial score (nSPS) is 17.5. The van der Waals surface area contributed by atoms with E-state index in [1.54, 1.807) is 40.9 Å². The number of aldehydes is 1. The van der Waals surface area contributed by atoms with Gasteiger partial charge in [0.15, 0.2) is 12.1 Å². The van der Waals surface area contributed by atoms with Crippen LogP contribution in [0.2, 0.25) is 0 Å². The number of fused-ring (bicyclic) bond motifs is 1. The molecule has 0 spiro atoms. The van der Waals surface area contributed by atoms with Gasteiger partial charge in [-0.15, -0.1) is 0 Å². The Balaban J connectivity index is 0.000000350. The van der Waals surface area contributed by atoms with Gasteiger partial charge in [0.25, 0.3) is 0 Å². The van der Waals surface area contributed by atoms with Crippen molar-refractivity contribution in [3.8, 4) is 0 Å². The van der Waals surface area contributed by atoms with Crippen LogP contribution in [0, 0.1) is 17.1 Å². The van der Waals surface area contributed by atoms with Crippen LogP contribution in [-0.4, -0.2) is 73.8 Å². The molecule has 1 amide bonds. The van der Waals surface area contributed by atoms with Crippen LogP contribution < -0.4 is 5.73 Å². The van der Waals surface area contributed by atoms with E-state index < -0.39 is 5.82 Å². The molecule has 2 aliphatic rings. The van der Waals surface area contributed by atoms with Gasteiger partial charge in [-0.1, -0.05) is 32.1 Å². The van der Waals surface area contributed by atoms with Crippen LogP contribution in [0.3, 0.4) is 0 Å². The van der Waals surface area contributed by atoms with E-state index in [2.05, 4.69) is 15.1 Å². The smallest absolute Gasteiger partial charge is 0.219 e. The summed E-state index contributed by atoms with van der Waals surface area (Å²) in [4.78, 5) is 33.0. The minimum atomic E-state index is -0.483. The third kappa shape index (κ3) is 6.75. The van der Waals surface area contributed by atoms with Gasteiger partial charge < -0.3 is 20.5 Å². The number of H-pyrrole nitrogens is 1. The van der Waals surface area contributed by atoms with Crippen LogP contribution in [0.1, 0.15) is 86.7 Å². The Morgan fingerprint density at radius 1 is 1.12 bits per heavy atom. The Bertz CT molecular complexity index is 1300. The van der Waals surface area contributed by atoms with E-state index in [0.29, 0.717) is 49.1 Å². The lowest BCUT2D eigenvalue weighted by Crippen LogP contribution is -2.50. The number of aromatic amines is 1. The van der Waals surface area contributed by atoms with E-state index in [-0.39, 0.29) is 28.9 Å². The van der Waals surface area contributed by atoms with Crippen molar-refractivity contribution >= 4 is 29.1 Å². The van der Waals surface area contributed by atoms with Crippen LogP contribution in [0.25, 0.3) is 11.0 Å². The van der Waals surface area contributed by atoms with Crippen molar-refractivity contribution in [2.24, 2.45) is 11.7 Å². The van der Waals surface area contributed by atoms with E-state index in [9.17, 15) is 9.59 Å². The summed E-state index contributed by atoms with van der Waals surface area (Å²) in [5.41, 5.74) is 8.30. The second kappa shape index (κ2) is 13.6. The van der Waals surface area contributed by atoms with E-state index in [1.165, 1.54) is 32.1 Å². The summed E-state index contributed by atoms with van der Waals surface area (Å²) in [7, 11) is 0. The van der Waals surface area contributed by atoms with Crippen molar-refractivity contribution in [2.75, 3.05) is 26.2 Å². The molecule has 1 aromatic carbocycles. The number of carbonyl (C=O) groups is 2. The molecular formula is C29H41FN8O2. The van der Waals surface area contributed by atoms with Gasteiger partial charge in [-0.05, 0) is 43.9 Å². The van der Waals surface area contributed by atoms with Gasteiger partial charge in [-0.2, -0.15) is 5.10 Å². The average Bonchev–Trinajstić information content (AvgIpc) is 3.60. The molecule has 2 fully saturated rings. The molecule has 1 unspecified atom stereocenters. The maximum atomic E-state index is 15.4. The molecule has 1 aliphatic heterocycles. The van der Waals surface area contributed by atoms with Crippen molar-refractivity contribution < 1.29 is 14.0 Å². The molecule has 11 heteroatoms. The molecule has 1 saturated carbocycles. The maximum absolute atomic E-state index is 15.4. The molecule has 2 aromatic heterocycles. The lowest BCUT2D eigenvalue weighted by Gasteiger charge is -2.35. The highest BCUT2D eigenvalue weighted by atomic mass is 19.1. The minimum absolute atomic E-state index is 0.0310. The number of aryl methyl sites for hydroxylation is 1. The quantitative estimate of drug-likeness (QED) is 0.246. The van der Waals surface area contributed by atoms with Gasteiger partial charge >= 0.3 is 0 Å². The molecule has 216 valence electrons. The number of hydrogen-bond acceptors (Lipinski definition) is 6. The van der Waals surface area contributed by atoms with Gasteiger partial charge in [-0.3, -0.25) is 19.7 Å². The van der Waals surface area contributed by atoms with Crippen molar-refractivity contribution in [1.82, 2.24) is 29.5 Å². The topological polar surface area (TPSA) is 137 Å². The fourth-order valence-corrected chi connectivity index (χ4v) is 5.59. The molecule has 1 aliphatic carbocycles. The van der Waals surface area contributed by atoms with E-state index in [1.807, 2.05) is 11.8 Å². The Kier molecular flexibility index (Phi) is 10.0. The Morgan fingerprint density at radius 2 is 1.77 bits per heavy atom. The van der Waals surface area contributed by atoms with E-state index in [0.717, 1.165) is 25.7 Å². The number of rotatable bonds is 5. The van der Waals surface area contributed by atoms with E-state index >= 15 is 4.39 Å². The summed E-state index contributed by atoms with van der Waals surface area (Å²) in [5.74, 6) is 0.682. The van der Waals surface area contributed by atoms with Crippen LogP contribution in [-0.2, 0) is 11.3 Å². The minimum Gasteiger partial charge on any atom is -0.353 e. The van der Waals surface area contributed by atoms with Crippen molar-refractivity contribution in [1.29, 1.82) is 5.41 Å². The average molecular weight is 553 g/mol. The summed E-state index contributed by atoms with van der Waals surface area (Å²) < 4.78 is 17.0. The zero-order valence-corrected chi connectivity index (χ0v) is 23.5. The molecule has 10 nitrogen and oxygen atoms in total. The zero-order valence-electron chi connectivity index (χ0n) is 23.5. The predicted molar refractivity (Wildman–Crippen MR) is 153 cm³/mol. The zero-order chi connectivity index (χ0) is 28.6. The van der Waals surface area contributed by atoms with Crippen LogP contribution in [0.4, 0.5) is 4.39 Å². The Hall–Kier alpha value is -3.60. The number of nitrogens with two attached hydrogens (primary N) is 1. The first-order chi connectivity index (χ1) is 19.3. The summed E-state index contributed by atoms with van der Waals surface area (Å²) in [5, 5.41) is 12.4. The highest BCUT2D eigenvalue weighted by Crippen LogP contribution is 2.32. The third-order valence-electron chi connectivity index (χ3n) is 8.05. The first kappa shape index (κ1) is 29.4. The molecule has 0 radical (unpaired) electrons. The number of imidazole rings is 1. The number of hydrogen-bond donors (Lipinski definition) is 3. The molecule has 0 bridgehead atoms. The largest absolute Gasteiger partial charge is 0.353 e. The van der Waals surface area contributed by atoms with Crippen LogP contribution in [0.5, 0.6) is 0 Å². The van der Waals surface area contributed by atoms with Crippen molar-refractivity contribution in [3.05, 3.63) is 47.3 Å². The predicted octanol–water partition coefficient (Wildman–Crippen LogP) is 4.27. The summed E-state index contributed by atoms with van der Waals surface area (Å²) >= 11 is 0. The third-order valence-corrected chi connectivity index (χ3v) is 8.05. The van der Waals surface area contributed by atoms with Gasteiger partial charge in [0, 0.05) is 45.8 Å². The summed E-state index contributed by atoms with van der Waals surface area (Å²) in [6, 6.07) is 4.89. The molecule has 1 atom stereocenters. The second-order valence-corrected chi connectivity index (χ2v) is 10.6. The highest BCUT2D eigenvalue weighted by Gasteiger charge is 2.26. The fraction of sp³-hybridized carbons (Fsp3) is 0.552. The number of nitrogens with one attached hydrogen (secondary N) is 2. The SMILES string of the molecule is CC(=O)N1CCN(C(=N)c2ccc3[nH]c(C(N)C4CCCCCCC4)nc3c2F)CC1.CCn1nccc1C=O. The van der Waals surface area contributed by atoms with Crippen LogP contribution >= 0.6 is 0 Å². The monoisotopic (exact) mass is 552 g/mol. The summed E-state index contributed by atoms with van der Waals surface area (Å²) in [6.45, 7) is 6.38. The molecule has 3 aromatic rings. The van der Waals surface area contributed by atoms with E-state index in [4.69, 9.17) is 11.1 Å². The number of amidine groups is 1. The molecule has 4 N–H and O–H groups in total. The van der Waals surface area contributed by atoms with Gasteiger partial charge in [0.05, 0.1) is 17.1 Å². The second-order valence-electron chi connectivity index (χ2n) is 10.6. The maximum Gasteiger partial charge on any atom is 0.219 e. The van der Waals surface area contributed by atoms with Crippen molar-refractivity contribution in [2.45, 2.75) is 71.4 Å².